The predicted molar refractivity (Wildman–Crippen MR) is 94.3 cm³/mol. The Balaban J connectivity index is 5.09. The van der Waals surface area contributed by atoms with Crippen molar-refractivity contribution in [2.24, 2.45) is 17.8 Å². The first kappa shape index (κ1) is 21.7. The molecule has 0 heterocycles. The molecule has 0 fully saturated rings. The molecule has 0 aromatic carbocycles. The van der Waals surface area contributed by atoms with Crippen molar-refractivity contribution in [3.05, 3.63) is 0 Å². The fourth-order valence-corrected chi connectivity index (χ4v) is 2.28. The van der Waals surface area contributed by atoms with Crippen LogP contribution in [0.3, 0.4) is 0 Å². The molecule has 1 N–H and O–H groups in total. The van der Waals surface area contributed by atoms with Gasteiger partial charge in [-0.3, -0.25) is 4.79 Å². The lowest BCUT2D eigenvalue weighted by atomic mass is 10.0. The standard InChI is InChI=1S/C18H36N2O3/c1-12(2)10-20(11-13(3)4)16(21)15(14(5)6)19-17(22)23-18(7,8)9/h12-15H,10-11H2,1-9H3,(H,19,22)/t15-/m0/s1. The molecule has 0 saturated heterocycles. The molecular weight excluding hydrogens is 292 g/mol. The molecule has 0 radical (unpaired) electrons. The molecule has 0 spiro atoms. The number of rotatable bonds is 7. The van der Waals surface area contributed by atoms with Gasteiger partial charge in [-0.05, 0) is 38.5 Å². The van der Waals surface area contributed by atoms with E-state index in [0.717, 1.165) is 0 Å². The quantitative estimate of drug-likeness (QED) is 0.775. The van der Waals surface area contributed by atoms with Gasteiger partial charge in [-0.2, -0.15) is 0 Å². The summed E-state index contributed by atoms with van der Waals surface area (Å²) in [5, 5.41) is 2.75. The van der Waals surface area contributed by atoms with E-state index in [2.05, 4.69) is 33.0 Å². The van der Waals surface area contributed by atoms with E-state index in [-0.39, 0.29) is 11.8 Å². The van der Waals surface area contributed by atoms with Gasteiger partial charge in [-0.25, -0.2) is 4.79 Å². The summed E-state index contributed by atoms with van der Waals surface area (Å²) in [6.07, 6.45) is -0.543. The zero-order chi connectivity index (χ0) is 18.4. The van der Waals surface area contributed by atoms with E-state index in [0.29, 0.717) is 24.9 Å². The SMILES string of the molecule is CC(C)CN(CC(C)C)C(=O)[C@@H](NC(=O)OC(C)(C)C)C(C)C. The molecule has 136 valence electrons. The van der Waals surface area contributed by atoms with Gasteiger partial charge in [-0.15, -0.1) is 0 Å². The molecule has 0 saturated carbocycles. The maximum absolute atomic E-state index is 12.9. The molecule has 0 aromatic rings. The maximum atomic E-state index is 12.9. The van der Waals surface area contributed by atoms with Crippen LogP contribution >= 0.6 is 0 Å². The second kappa shape index (κ2) is 9.14. The largest absolute Gasteiger partial charge is 0.444 e. The zero-order valence-corrected chi connectivity index (χ0v) is 16.4. The molecule has 5 heteroatoms. The first-order valence-corrected chi connectivity index (χ1v) is 8.61. The highest BCUT2D eigenvalue weighted by Crippen LogP contribution is 2.13. The van der Waals surface area contributed by atoms with Crippen molar-refractivity contribution in [3.63, 3.8) is 0 Å². The number of amides is 2. The normalized spacial score (nSPS) is 13.4. The average Bonchev–Trinajstić information content (AvgIpc) is 2.30. The first-order chi connectivity index (χ1) is 10.3. The maximum Gasteiger partial charge on any atom is 0.408 e. The third-order valence-electron chi connectivity index (χ3n) is 3.09. The van der Waals surface area contributed by atoms with Crippen molar-refractivity contribution in [1.82, 2.24) is 10.2 Å². The minimum atomic E-state index is -0.579. The van der Waals surface area contributed by atoms with Crippen molar-refractivity contribution in [3.8, 4) is 0 Å². The van der Waals surface area contributed by atoms with E-state index in [1.807, 2.05) is 39.5 Å². The third-order valence-corrected chi connectivity index (χ3v) is 3.09. The summed E-state index contributed by atoms with van der Waals surface area (Å²) >= 11 is 0. The number of hydrogen-bond donors (Lipinski definition) is 1. The van der Waals surface area contributed by atoms with Gasteiger partial charge in [0.25, 0.3) is 0 Å². The number of ether oxygens (including phenoxy) is 1. The van der Waals surface area contributed by atoms with E-state index in [1.165, 1.54) is 0 Å². The number of hydrogen-bond acceptors (Lipinski definition) is 3. The van der Waals surface area contributed by atoms with E-state index in [4.69, 9.17) is 4.74 Å². The van der Waals surface area contributed by atoms with E-state index < -0.39 is 17.7 Å². The van der Waals surface area contributed by atoms with Crippen molar-refractivity contribution >= 4 is 12.0 Å². The number of carbonyl (C=O) groups is 2. The third kappa shape index (κ3) is 9.47. The lowest BCUT2D eigenvalue weighted by Gasteiger charge is -2.32. The summed E-state index contributed by atoms with van der Waals surface area (Å²) < 4.78 is 5.29. The number of nitrogens with zero attached hydrogens (tertiary/aromatic N) is 1. The Bertz CT molecular complexity index is 374. The van der Waals surface area contributed by atoms with Crippen LogP contribution in [0.2, 0.25) is 0 Å². The van der Waals surface area contributed by atoms with Gasteiger partial charge in [-0.1, -0.05) is 41.5 Å². The lowest BCUT2D eigenvalue weighted by Crippen LogP contribution is -2.53. The summed E-state index contributed by atoms with van der Waals surface area (Å²) in [5.41, 5.74) is -0.579. The molecule has 1 atom stereocenters. The van der Waals surface area contributed by atoms with Crippen LogP contribution < -0.4 is 5.32 Å². The molecule has 2 amide bonds. The predicted octanol–water partition coefficient (Wildman–Crippen LogP) is 3.68. The Hall–Kier alpha value is -1.26. The molecule has 0 aliphatic carbocycles. The number of carbonyl (C=O) groups excluding carboxylic acids is 2. The average molecular weight is 328 g/mol. The van der Waals surface area contributed by atoms with Crippen molar-refractivity contribution in [2.45, 2.75) is 74.0 Å². The second-order valence-electron chi connectivity index (χ2n) is 8.40. The Kier molecular flexibility index (Phi) is 8.64. The van der Waals surface area contributed by atoms with Crippen LogP contribution in [0.4, 0.5) is 4.79 Å². The van der Waals surface area contributed by atoms with Crippen molar-refractivity contribution in [2.75, 3.05) is 13.1 Å². The minimum absolute atomic E-state index is 0.00292. The first-order valence-electron chi connectivity index (χ1n) is 8.61. The summed E-state index contributed by atoms with van der Waals surface area (Å²) in [6, 6.07) is -0.567. The summed E-state index contributed by atoms with van der Waals surface area (Å²) in [5.74, 6) is 0.726. The van der Waals surface area contributed by atoms with Crippen LogP contribution in [0.5, 0.6) is 0 Å². The Morgan fingerprint density at radius 1 is 0.957 bits per heavy atom. The smallest absolute Gasteiger partial charge is 0.408 e. The van der Waals surface area contributed by atoms with Gasteiger partial charge < -0.3 is 15.0 Å². The van der Waals surface area contributed by atoms with Crippen molar-refractivity contribution < 1.29 is 14.3 Å². The van der Waals surface area contributed by atoms with Crippen LogP contribution in [0.25, 0.3) is 0 Å². The van der Waals surface area contributed by atoms with E-state index in [1.54, 1.807) is 0 Å². The Morgan fingerprint density at radius 3 is 1.70 bits per heavy atom. The molecule has 0 bridgehead atoms. The van der Waals surface area contributed by atoms with Crippen LogP contribution in [0, 0.1) is 17.8 Å². The van der Waals surface area contributed by atoms with Gasteiger partial charge >= 0.3 is 6.09 Å². The molecule has 0 aliphatic rings. The number of alkyl carbamates (subject to hydrolysis) is 1. The molecule has 0 rings (SSSR count). The van der Waals surface area contributed by atoms with Gasteiger partial charge in [0.05, 0.1) is 0 Å². The number of nitrogens with one attached hydrogen (secondary N) is 1. The van der Waals surface area contributed by atoms with Crippen molar-refractivity contribution in [1.29, 1.82) is 0 Å². The lowest BCUT2D eigenvalue weighted by molar-refractivity contribution is -0.135. The summed E-state index contributed by atoms with van der Waals surface area (Å²) in [4.78, 5) is 26.8. The molecule has 0 aliphatic heterocycles. The highest BCUT2D eigenvalue weighted by atomic mass is 16.6. The van der Waals surface area contributed by atoms with E-state index in [9.17, 15) is 9.59 Å². The monoisotopic (exact) mass is 328 g/mol. The van der Waals surface area contributed by atoms with Crippen LogP contribution in [0.15, 0.2) is 0 Å². The molecule has 0 unspecified atom stereocenters. The molecule has 23 heavy (non-hydrogen) atoms. The Labute approximate surface area is 142 Å². The summed E-state index contributed by atoms with van der Waals surface area (Å²) in [6.45, 7) is 19.0. The van der Waals surface area contributed by atoms with Gasteiger partial charge in [0, 0.05) is 13.1 Å². The van der Waals surface area contributed by atoms with Gasteiger partial charge in [0.2, 0.25) is 5.91 Å². The minimum Gasteiger partial charge on any atom is -0.444 e. The fourth-order valence-electron chi connectivity index (χ4n) is 2.28. The van der Waals surface area contributed by atoms with E-state index >= 15 is 0 Å². The molecule has 0 aromatic heterocycles. The Morgan fingerprint density at radius 2 is 1.39 bits per heavy atom. The van der Waals surface area contributed by atoms with Crippen LogP contribution in [-0.2, 0) is 9.53 Å². The fraction of sp³-hybridized carbons (Fsp3) is 0.889. The van der Waals surface area contributed by atoms with Gasteiger partial charge in [0.1, 0.15) is 11.6 Å². The highest BCUT2D eigenvalue weighted by Gasteiger charge is 2.30. The van der Waals surface area contributed by atoms with Crippen LogP contribution in [-0.4, -0.2) is 41.6 Å². The highest BCUT2D eigenvalue weighted by molar-refractivity contribution is 5.86. The molecular formula is C18H36N2O3. The topological polar surface area (TPSA) is 58.6 Å². The van der Waals surface area contributed by atoms with Gasteiger partial charge in [0.15, 0.2) is 0 Å². The van der Waals surface area contributed by atoms with Crippen LogP contribution in [0.1, 0.15) is 62.3 Å². The molecule has 5 nitrogen and oxygen atoms in total. The summed E-state index contributed by atoms with van der Waals surface area (Å²) in [7, 11) is 0. The zero-order valence-electron chi connectivity index (χ0n) is 16.4. The second-order valence-corrected chi connectivity index (χ2v) is 8.40.